The highest BCUT2D eigenvalue weighted by molar-refractivity contribution is 6.10. The molecule has 1 saturated carbocycles. The summed E-state index contributed by atoms with van der Waals surface area (Å²) in [6.45, 7) is 5.77. The molecule has 8 nitrogen and oxygen atoms in total. The van der Waals surface area contributed by atoms with Crippen molar-refractivity contribution in [1.82, 2.24) is 25.3 Å². The molecule has 134 valence electrons. The number of carbonyl (C=O) groups excluding carboxylic acids is 1. The Morgan fingerprint density at radius 3 is 2.65 bits per heavy atom. The Morgan fingerprint density at radius 2 is 1.96 bits per heavy atom. The molecule has 1 atom stereocenters. The Hall–Kier alpha value is -3.03. The number of fused-ring (bicyclic) bond motifs is 1. The molecule has 0 saturated heterocycles. The fourth-order valence-corrected chi connectivity index (χ4v) is 2.90. The average Bonchev–Trinajstić information content (AvgIpc) is 3.24. The van der Waals surface area contributed by atoms with E-state index in [9.17, 15) is 4.79 Å². The van der Waals surface area contributed by atoms with E-state index in [1.165, 1.54) is 12.7 Å². The number of amides is 1. The van der Waals surface area contributed by atoms with Gasteiger partial charge in [0.05, 0.1) is 17.0 Å². The van der Waals surface area contributed by atoms with Gasteiger partial charge in [-0.05, 0) is 33.6 Å². The largest absolute Gasteiger partial charge is 0.442 e. The first-order valence-electron chi connectivity index (χ1n) is 8.55. The van der Waals surface area contributed by atoms with Crippen LogP contribution in [0.4, 0.5) is 5.82 Å². The number of nitrogens with one attached hydrogen (secondary N) is 2. The van der Waals surface area contributed by atoms with E-state index in [1.54, 1.807) is 19.3 Å². The van der Waals surface area contributed by atoms with Crippen molar-refractivity contribution in [3.63, 3.8) is 0 Å². The molecule has 26 heavy (non-hydrogen) atoms. The number of aryl methyl sites for hydroxylation is 1. The molecule has 1 amide bonds. The summed E-state index contributed by atoms with van der Waals surface area (Å²) in [5, 5.41) is 7.01. The van der Waals surface area contributed by atoms with Crippen molar-refractivity contribution in [3.8, 4) is 0 Å². The maximum atomic E-state index is 13.0. The SMILES string of the molecule is Cc1oc2ncnc(NC3(C)CC3)c2c1C(=O)NC(C)c1cncnc1. The number of hydrogen-bond donors (Lipinski definition) is 2. The van der Waals surface area contributed by atoms with E-state index in [4.69, 9.17) is 4.42 Å². The summed E-state index contributed by atoms with van der Waals surface area (Å²) in [5.74, 6) is 0.905. The van der Waals surface area contributed by atoms with Crippen molar-refractivity contribution in [2.75, 3.05) is 5.32 Å². The fourth-order valence-electron chi connectivity index (χ4n) is 2.90. The van der Waals surface area contributed by atoms with Gasteiger partial charge in [-0.15, -0.1) is 0 Å². The van der Waals surface area contributed by atoms with Crippen molar-refractivity contribution in [2.24, 2.45) is 0 Å². The number of nitrogens with zero attached hydrogens (tertiary/aromatic N) is 4. The minimum atomic E-state index is -0.241. The number of carbonyl (C=O) groups is 1. The molecule has 0 bridgehead atoms. The van der Waals surface area contributed by atoms with Crippen molar-refractivity contribution < 1.29 is 9.21 Å². The molecular weight excluding hydrogens is 332 g/mol. The lowest BCUT2D eigenvalue weighted by molar-refractivity contribution is 0.0939. The van der Waals surface area contributed by atoms with Gasteiger partial charge < -0.3 is 15.1 Å². The van der Waals surface area contributed by atoms with Crippen molar-refractivity contribution in [2.45, 2.75) is 45.2 Å². The van der Waals surface area contributed by atoms with Crippen LogP contribution < -0.4 is 10.6 Å². The minimum absolute atomic E-state index is 0.0227. The summed E-state index contributed by atoms with van der Waals surface area (Å²) < 4.78 is 5.71. The molecule has 0 radical (unpaired) electrons. The number of rotatable bonds is 5. The summed E-state index contributed by atoms with van der Waals surface area (Å²) >= 11 is 0. The first-order valence-corrected chi connectivity index (χ1v) is 8.55. The molecule has 3 aromatic rings. The van der Waals surface area contributed by atoms with Crippen LogP contribution in [-0.2, 0) is 0 Å². The smallest absolute Gasteiger partial charge is 0.256 e. The van der Waals surface area contributed by atoms with Gasteiger partial charge in [0.15, 0.2) is 0 Å². The lowest BCUT2D eigenvalue weighted by Crippen LogP contribution is -2.27. The Balaban J connectivity index is 1.69. The summed E-state index contributed by atoms with van der Waals surface area (Å²) in [6, 6.07) is -0.241. The summed E-state index contributed by atoms with van der Waals surface area (Å²) in [7, 11) is 0. The Morgan fingerprint density at radius 1 is 1.23 bits per heavy atom. The molecule has 1 fully saturated rings. The molecule has 4 rings (SSSR count). The topological polar surface area (TPSA) is 106 Å². The van der Waals surface area contributed by atoms with Crippen LogP contribution >= 0.6 is 0 Å². The van der Waals surface area contributed by atoms with Gasteiger partial charge in [-0.2, -0.15) is 0 Å². The van der Waals surface area contributed by atoms with Crippen LogP contribution in [0, 0.1) is 6.92 Å². The molecule has 0 aromatic carbocycles. The third-order valence-electron chi connectivity index (χ3n) is 4.74. The van der Waals surface area contributed by atoms with Gasteiger partial charge >= 0.3 is 0 Å². The van der Waals surface area contributed by atoms with E-state index < -0.39 is 0 Å². The molecule has 3 heterocycles. The third-order valence-corrected chi connectivity index (χ3v) is 4.74. The number of furan rings is 1. The molecule has 3 aromatic heterocycles. The molecule has 1 unspecified atom stereocenters. The second-order valence-electron chi connectivity index (χ2n) is 6.99. The van der Waals surface area contributed by atoms with E-state index in [-0.39, 0.29) is 17.5 Å². The average molecular weight is 352 g/mol. The van der Waals surface area contributed by atoms with E-state index in [1.807, 2.05) is 6.92 Å². The second-order valence-corrected chi connectivity index (χ2v) is 6.99. The Bertz CT molecular complexity index is 964. The zero-order valence-electron chi connectivity index (χ0n) is 14.9. The van der Waals surface area contributed by atoms with Crippen molar-refractivity contribution >= 4 is 22.8 Å². The molecule has 0 aliphatic heterocycles. The van der Waals surface area contributed by atoms with Crippen LogP contribution in [0.3, 0.4) is 0 Å². The minimum Gasteiger partial charge on any atom is -0.442 e. The predicted molar refractivity (Wildman–Crippen MR) is 95.7 cm³/mol. The Kier molecular flexibility index (Phi) is 3.82. The van der Waals surface area contributed by atoms with Gasteiger partial charge in [-0.25, -0.2) is 19.9 Å². The maximum absolute atomic E-state index is 13.0. The zero-order chi connectivity index (χ0) is 18.3. The number of aromatic nitrogens is 4. The van der Waals surface area contributed by atoms with Crippen LogP contribution in [0.1, 0.15) is 54.4 Å². The van der Waals surface area contributed by atoms with Gasteiger partial charge in [-0.3, -0.25) is 4.79 Å². The van der Waals surface area contributed by atoms with Gasteiger partial charge in [0, 0.05) is 23.5 Å². The monoisotopic (exact) mass is 352 g/mol. The van der Waals surface area contributed by atoms with Crippen LogP contribution in [0.5, 0.6) is 0 Å². The second kappa shape index (κ2) is 6.05. The van der Waals surface area contributed by atoms with E-state index in [0.717, 1.165) is 18.4 Å². The molecule has 1 aliphatic rings. The quantitative estimate of drug-likeness (QED) is 0.727. The normalized spacial score (nSPS) is 16.3. The molecule has 1 aliphatic carbocycles. The summed E-state index contributed by atoms with van der Waals surface area (Å²) in [4.78, 5) is 29.5. The van der Waals surface area contributed by atoms with E-state index >= 15 is 0 Å². The van der Waals surface area contributed by atoms with Crippen LogP contribution in [0.2, 0.25) is 0 Å². The zero-order valence-corrected chi connectivity index (χ0v) is 14.9. The molecule has 0 spiro atoms. The molecular formula is C18H20N6O2. The standard InChI is InChI=1S/C18H20N6O2/c1-10(12-6-19-8-20-7-12)23-16(25)13-11(2)26-17-14(13)15(21-9-22-17)24-18(3)4-5-18/h6-10H,4-5H2,1-3H3,(H,23,25)(H,21,22,24). The van der Waals surface area contributed by atoms with Crippen LogP contribution in [0.25, 0.3) is 11.1 Å². The van der Waals surface area contributed by atoms with Crippen molar-refractivity contribution in [1.29, 1.82) is 0 Å². The lowest BCUT2D eigenvalue weighted by Gasteiger charge is -2.15. The first-order chi connectivity index (χ1) is 12.5. The highest BCUT2D eigenvalue weighted by Crippen LogP contribution is 2.40. The first kappa shape index (κ1) is 16.4. The van der Waals surface area contributed by atoms with Crippen LogP contribution in [-0.4, -0.2) is 31.4 Å². The highest BCUT2D eigenvalue weighted by Gasteiger charge is 2.38. The summed E-state index contributed by atoms with van der Waals surface area (Å²) in [6.07, 6.45) is 8.42. The predicted octanol–water partition coefficient (Wildman–Crippen LogP) is 2.78. The van der Waals surface area contributed by atoms with Crippen molar-refractivity contribution in [3.05, 3.63) is 41.9 Å². The van der Waals surface area contributed by atoms with Gasteiger partial charge in [-0.1, -0.05) is 0 Å². The van der Waals surface area contributed by atoms with Crippen LogP contribution in [0.15, 0.2) is 29.5 Å². The Labute approximate surface area is 150 Å². The lowest BCUT2D eigenvalue weighted by atomic mass is 10.1. The maximum Gasteiger partial charge on any atom is 0.256 e. The number of hydrogen-bond acceptors (Lipinski definition) is 7. The third kappa shape index (κ3) is 2.98. The molecule has 2 N–H and O–H groups in total. The van der Waals surface area contributed by atoms with Gasteiger partial charge in [0.25, 0.3) is 5.91 Å². The van der Waals surface area contributed by atoms with E-state index in [0.29, 0.717) is 28.2 Å². The van der Waals surface area contributed by atoms with E-state index in [2.05, 4.69) is 37.5 Å². The van der Waals surface area contributed by atoms with Gasteiger partial charge in [0.2, 0.25) is 5.71 Å². The summed E-state index contributed by atoms with van der Waals surface area (Å²) in [5.41, 5.74) is 1.71. The number of anilines is 1. The van der Waals surface area contributed by atoms with Gasteiger partial charge in [0.1, 0.15) is 24.2 Å². The molecule has 8 heteroatoms. The fraction of sp³-hybridized carbons (Fsp3) is 0.389. The highest BCUT2D eigenvalue weighted by atomic mass is 16.3.